The van der Waals surface area contributed by atoms with Gasteiger partial charge in [0, 0.05) is 5.75 Å². The second-order valence-corrected chi connectivity index (χ2v) is 5.58. The summed E-state index contributed by atoms with van der Waals surface area (Å²) < 4.78 is 0. The first-order valence-corrected chi connectivity index (χ1v) is 6.12. The topological polar surface area (TPSA) is 52.9 Å². The van der Waals surface area contributed by atoms with Crippen molar-refractivity contribution in [2.24, 2.45) is 0 Å². The molecule has 1 heterocycles. The van der Waals surface area contributed by atoms with Gasteiger partial charge < -0.3 is 5.32 Å². The van der Waals surface area contributed by atoms with Crippen molar-refractivity contribution in [1.82, 2.24) is 5.32 Å². The first kappa shape index (κ1) is 10.9. The fourth-order valence-electron chi connectivity index (χ4n) is 1.11. The highest BCUT2D eigenvalue weighted by Crippen LogP contribution is 2.27. The van der Waals surface area contributed by atoms with Gasteiger partial charge in [0.25, 0.3) is 0 Å². The number of nitrogens with zero attached hydrogens (tertiary/aromatic N) is 1. The number of rotatable bonds is 2. The molecule has 2 atom stereocenters. The summed E-state index contributed by atoms with van der Waals surface area (Å²) in [6.45, 7) is 1.75. The maximum Gasteiger partial charge on any atom is 0.234 e. The van der Waals surface area contributed by atoms with E-state index in [0.717, 1.165) is 12.2 Å². The van der Waals surface area contributed by atoms with Gasteiger partial charge >= 0.3 is 0 Å². The number of hydrogen-bond donors (Lipinski definition) is 1. The van der Waals surface area contributed by atoms with Gasteiger partial charge in [0.15, 0.2) is 0 Å². The zero-order valence-electron chi connectivity index (χ0n) is 7.34. The Morgan fingerprint density at radius 3 is 2.92 bits per heavy atom. The van der Waals surface area contributed by atoms with Crippen molar-refractivity contribution >= 4 is 33.6 Å². The number of halogens is 1. The smallest absolute Gasteiger partial charge is 0.234 e. The van der Waals surface area contributed by atoms with E-state index in [1.807, 2.05) is 0 Å². The summed E-state index contributed by atoms with van der Waals surface area (Å²) in [6, 6.07) is 2.19. The van der Waals surface area contributed by atoms with E-state index < -0.39 is 5.54 Å². The van der Waals surface area contributed by atoms with Crippen LogP contribution >= 0.6 is 27.7 Å². The molecular formula is C8H11BrN2OS. The minimum absolute atomic E-state index is 0.107. The molecule has 3 nitrogen and oxygen atoms in total. The number of carbonyl (C=O) groups is 1. The van der Waals surface area contributed by atoms with E-state index in [1.54, 1.807) is 18.7 Å². The SMILES string of the molecule is CC(Br)C(=O)NC1(C#N)CCSC1. The summed E-state index contributed by atoms with van der Waals surface area (Å²) in [5.41, 5.74) is -0.621. The summed E-state index contributed by atoms with van der Waals surface area (Å²) in [5.74, 6) is 1.54. The summed E-state index contributed by atoms with van der Waals surface area (Å²) >= 11 is 4.88. The summed E-state index contributed by atoms with van der Waals surface area (Å²) in [7, 11) is 0. The van der Waals surface area contributed by atoms with Crippen LogP contribution in [-0.2, 0) is 4.79 Å². The van der Waals surface area contributed by atoms with Gasteiger partial charge in [-0.25, -0.2) is 0 Å². The minimum atomic E-state index is -0.621. The maximum atomic E-state index is 11.3. The van der Waals surface area contributed by atoms with Crippen molar-refractivity contribution in [3.8, 4) is 6.07 Å². The molecule has 1 aliphatic heterocycles. The molecule has 0 aliphatic carbocycles. The Labute approximate surface area is 90.4 Å². The zero-order valence-corrected chi connectivity index (χ0v) is 9.74. The largest absolute Gasteiger partial charge is 0.336 e. The third kappa shape index (κ3) is 2.61. The molecule has 1 fully saturated rings. The average molecular weight is 263 g/mol. The summed E-state index contributed by atoms with van der Waals surface area (Å²) in [6.07, 6.45) is 0.750. The first-order valence-electron chi connectivity index (χ1n) is 4.05. The second kappa shape index (κ2) is 4.34. The number of alkyl halides is 1. The van der Waals surface area contributed by atoms with Crippen LogP contribution in [0.25, 0.3) is 0 Å². The van der Waals surface area contributed by atoms with E-state index in [-0.39, 0.29) is 10.7 Å². The Kier molecular flexibility index (Phi) is 3.63. The molecule has 0 radical (unpaired) electrons. The van der Waals surface area contributed by atoms with Gasteiger partial charge in [-0.2, -0.15) is 17.0 Å². The Bertz CT molecular complexity index is 243. The van der Waals surface area contributed by atoms with Crippen molar-refractivity contribution in [3.05, 3.63) is 0 Å². The zero-order chi connectivity index (χ0) is 9.90. The normalized spacial score (nSPS) is 29.3. The standard InChI is InChI=1S/C8H11BrN2OS/c1-6(9)7(12)11-8(4-10)2-3-13-5-8/h6H,2-3,5H2,1H3,(H,11,12). The van der Waals surface area contributed by atoms with Gasteiger partial charge in [0.05, 0.1) is 10.9 Å². The second-order valence-electron chi connectivity index (χ2n) is 3.10. The third-order valence-corrected chi connectivity index (χ3v) is 3.56. The lowest BCUT2D eigenvalue weighted by molar-refractivity contribution is -0.121. The van der Waals surface area contributed by atoms with Crippen LogP contribution in [0.15, 0.2) is 0 Å². The first-order chi connectivity index (χ1) is 6.09. The molecule has 0 spiro atoms. The highest BCUT2D eigenvalue weighted by molar-refractivity contribution is 9.10. The van der Waals surface area contributed by atoms with E-state index in [9.17, 15) is 4.79 Å². The molecule has 5 heteroatoms. The van der Waals surface area contributed by atoms with Gasteiger partial charge in [0.1, 0.15) is 5.54 Å². The molecule has 1 rings (SSSR count). The Morgan fingerprint density at radius 1 is 1.85 bits per heavy atom. The van der Waals surface area contributed by atoms with Gasteiger partial charge in [-0.3, -0.25) is 4.79 Å². The molecule has 2 unspecified atom stereocenters. The third-order valence-electron chi connectivity index (χ3n) is 1.96. The van der Waals surface area contributed by atoms with E-state index >= 15 is 0 Å². The monoisotopic (exact) mass is 262 g/mol. The predicted molar refractivity (Wildman–Crippen MR) is 56.8 cm³/mol. The van der Waals surface area contributed by atoms with Crippen LogP contribution in [0.2, 0.25) is 0 Å². The maximum absolute atomic E-state index is 11.3. The van der Waals surface area contributed by atoms with Crippen LogP contribution in [0, 0.1) is 11.3 Å². The molecule has 0 saturated carbocycles. The molecule has 0 aromatic rings. The lowest BCUT2D eigenvalue weighted by atomic mass is 10.0. The lowest BCUT2D eigenvalue weighted by Crippen LogP contribution is -2.49. The molecule has 0 aromatic heterocycles. The van der Waals surface area contributed by atoms with Crippen molar-refractivity contribution < 1.29 is 4.79 Å². The molecule has 1 N–H and O–H groups in total. The van der Waals surface area contributed by atoms with Crippen LogP contribution in [0.5, 0.6) is 0 Å². The Morgan fingerprint density at radius 2 is 2.54 bits per heavy atom. The number of amides is 1. The molecule has 0 bridgehead atoms. The van der Waals surface area contributed by atoms with E-state index in [0.29, 0.717) is 5.75 Å². The Hall–Kier alpha value is -0.210. The molecule has 1 saturated heterocycles. The molecule has 72 valence electrons. The average Bonchev–Trinajstić information content (AvgIpc) is 2.54. The van der Waals surface area contributed by atoms with Crippen molar-refractivity contribution in [3.63, 3.8) is 0 Å². The lowest BCUT2D eigenvalue weighted by Gasteiger charge is -2.21. The van der Waals surface area contributed by atoms with Gasteiger partial charge in [-0.05, 0) is 19.1 Å². The van der Waals surface area contributed by atoms with Gasteiger partial charge in [0.2, 0.25) is 5.91 Å². The number of nitriles is 1. The quantitative estimate of drug-likeness (QED) is 0.764. The van der Waals surface area contributed by atoms with Crippen LogP contribution < -0.4 is 5.32 Å². The molecular weight excluding hydrogens is 252 g/mol. The number of thioether (sulfide) groups is 1. The number of nitrogens with one attached hydrogen (secondary N) is 1. The predicted octanol–water partition coefficient (Wildman–Crippen LogP) is 1.29. The Balaban J connectivity index is 2.60. The molecule has 1 amide bonds. The van der Waals surface area contributed by atoms with Crippen molar-refractivity contribution in [2.75, 3.05) is 11.5 Å². The molecule has 13 heavy (non-hydrogen) atoms. The van der Waals surface area contributed by atoms with E-state index in [2.05, 4.69) is 27.3 Å². The fraction of sp³-hybridized carbons (Fsp3) is 0.750. The highest BCUT2D eigenvalue weighted by atomic mass is 79.9. The van der Waals surface area contributed by atoms with Crippen LogP contribution in [0.1, 0.15) is 13.3 Å². The van der Waals surface area contributed by atoms with E-state index in [4.69, 9.17) is 5.26 Å². The highest BCUT2D eigenvalue weighted by Gasteiger charge is 2.36. The molecule has 1 aliphatic rings. The van der Waals surface area contributed by atoms with Gasteiger partial charge in [-0.15, -0.1) is 0 Å². The summed E-state index contributed by atoms with van der Waals surface area (Å²) in [5, 5.41) is 11.7. The van der Waals surface area contributed by atoms with Crippen molar-refractivity contribution in [1.29, 1.82) is 5.26 Å². The van der Waals surface area contributed by atoms with Crippen LogP contribution in [-0.4, -0.2) is 27.8 Å². The van der Waals surface area contributed by atoms with Crippen LogP contribution in [0.4, 0.5) is 0 Å². The van der Waals surface area contributed by atoms with Gasteiger partial charge in [-0.1, -0.05) is 15.9 Å². The minimum Gasteiger partial charge on any atom is -0.336 e. The number of hydrogen-bond acceptors (Lipinski definition) is 3. The number of carbonyl (C=O) groups excluding carboxylic acids is 1. The fourth-order valence-corrected chi connectivity index (χ4v) is 2.50. The van der Waals surface area contributed by atoms with Crippen LogP contribution in [0.3, 0.4) is 0 Å². The van der Waals surface area contributed by atoms with E-state index in [1.165, 1.54) is 0 Å². The van der Waals surface area contributed by atoms with Crippen molar-refractivity contribution in [2.45, 2.75) is 23.7 Å². The summed E-state index contributed by atoms with van der Waals surface area (Å²) in [4.78, 5) is 11.1. The molecule has 0 aromatic carbocycles.